The van der Waals surface area contributed by atoms with Crippen LogP contribution in [0, 0.1) is 13.8 Å². The minimum absolute atomic E-state index is 0.281. The molecule has 1 aromatic carbocycles. The molecule has 2 heterocycles. The first-order valence-electron chi connectivity index (χ1n) is 8.00. The van der Waals surface area contributed by atoms with Crippen molar-refractivity contribution in [3.05, 3.63) is 40.8 Å². The minimum atomic E-state index is 0.281. The van der Waals surface area contributed by atoms with Gasteiger partial charge in [-0.05, 0) is 38.5 Å². The van der Waals surface area contributed by atoms with Crippen molar-refractivity contribution >= 4 is 5.96 Å². The number of aromatic nitrogens is 1. The summed E-state index contributed by atoms with van der Waals surface area (Å²) in [5.41, 5.74) is 3.02. The van der Waals surface area contributed by atoms with Crippen molar-refractivity contribution < 1.29 is 14.0 Å². The van der Waals surface area contributed by atoms with Gasteiger partial charge in [0.2, 0.25) is 6.79 Å². The van der Waals surface area contributed by atoms with Gasteiger partial charge >= 0.3 is 0 Å². The number of aryl methyl sites for hydroxylation is 2. The lowest BCUT2D eigenvalue weighted by Gasteiger charge is -2.11. The molecule has 0 bridgehead atoms. The third-order valence-electron chi connectivity index (χ3n) is 3.81. The van der Waals surface area contributed by atoms with Gasteiger partial charge in [-0.3, -0.25) is 0 Å². The van der Waals surface area contributed by atoms with Crippen LogP contribution in [0.3, 0.4) is 0 Å². The van der Waals surface area contributed by atoms with Crippen molar-refractivity contribution in [1.29, 1.82) is 0 Å². The summed E-state index contributed by atoms with van der Waals surface area (Å²) in [5.74, 6) is 3.13. The molecule has 2 N–H and O–H groups in total. The Morgan fingerprint density at radius 1 is 1.21 bits per heavy atom. The molecule has 24 heavy (non-hydrogen) atoms. The number of rotatable bonds is 5. The van der Waals surface area contributed by atoms with Gasteiger partial charge in [0, 0.05) is 18.7 Å². The van der Waals surface area contributed by atoms with E-state index in [1.165, 1.54) is 0 Å². The zero-order valence-electron chi connectivity index (χ0n) is 14.2. The Balaban J connectivity index is 1.65. The first-order valence-corrected chi connectivity index (χ1v) is 8.00. The van der Waals surface area contributed by atoms with Crippen molar-refractivity contribution in [3.8, 4) is 11.5 Å². The van der Waals surface area contributed by atoms with Crippen molar-refractivity contribution in [2.24, 2.45) is 4.99 Å². The number of guanidine groups is 1. The van der Waals surface area contributed by atoms with Gasteiger partial charge < -0.3 is 24.6 Å². The van der Waals surface area contributed by atoms with E-state index in [0.717, 1.165) is 46.6 Å². The molecular formula is C17H22N4O3. The summed E-state index contributed by atoms with van der Waals surface area (Å²) in [4.78, 5) is 4.62. The van der Waals surface area contributed by atoms with Crippen LogP contribution in [0.15, 0.2) is 27.7 Å². The molecule has 7 heteroatoms. The Morgan fingerprint density at radius 2 is 2.04 bits per heavy atom. The van der Waals surface area contributed by atoms with Crippen LogP contribution in [0.1, 0.15) is 29.5 Å². The van der Waals surface area contributed by atoms with E-state index in [-0.39, 0.29) is 6.79 Å². The Kier molecular flexibility index (Phi) is 4.88. The van der Waals surface area contributed by atoms with Crippen molar-refractivity contribution in [2.75, 3.05) is 13.3 Å². The molecule has 128 valence electrons. The number of ether oxygens (including phenoxy) is 2. The highest BCUT2D eigenvalue weighted by molar-refractivity contribution is 5.79. The van der Waals surface area contributed by atoms with Gasteiger partial charge in [-0.2, -0.15) is 0 Å². The van der Waals surface area contributed by atoms with Gasteiger partial charge in [-0.15, -0.1) is 0 Å². The monoisotopic (exact) mass is 330 g/mol. The van der Waals surface area contributed by atoms with Crippen LogP contribution in [0.2, 0.25) is 0 Å². The molecule has 3 rings (SSSR count). The van der Waals surface area contributed by atoms with E-state index in [1.54, 1.807) is 0 Å². The van der Waals surface area contributed by atoms with E-state index in [0.29, 0.717) is 13.1 Å². The van der Waals surface area contributed by atoms with Crippen LogP contribution in [0.5, 0.6) is 11.5 Å². The summed E-state index contributed by atoms with van der Waals surface area (Å²) in [6, 6.07) is 5.87. The zero-order valence-corrected chi connectivity index (χ0v) is 14.2. The molecule has 0 atom stereocenters. The molecule has 2 aromatic rings. The molecule has 0 radical (unpaired) electrons. The minimum Gasteiger partial charge on any atom is -0.454 e. The molecule has 0 unspecified atom stereocenters. The lowest BCUT2D eigenvalue weighted by molar-refractivity contribution is 0.174. The number of aliphatic imine (C=N–C) groups is 1. The van der Waals surface area contributed by atoms with Gasteiger partial charge in [0.1, 0.15) is 5.76 Å². The summed E-state index contributed by atoms with van der Waals surface area (Å²) in [5, 5.41) is 10.5. The van der Waals surface area contributed by atoms with E-state index in [1.807, 2.05) is 39.0 Å². The fraction of sp³-hybridized carbons (Fsp3) is 0.412. The van der Waals surface area contributed by atoms with E-state index in [9.17, 15) is 0 Å². The number of nitrogens with one attached hydrogen (secondary N) is 2. The fourth-order valence-electron chi connectivity index (χ4n) is 2.48. The largest absolute Gasteiger partial charge is 0.454 e. The van der Waals surface area contributed by atoms with Crippen LogP contribution in [-0.2, 0) is 13.1 Å². The molecule has 1 aliphatic rings. The molecule has 0 spiro atoms. The lowest BCUT2D eigenvalue weighted by Crippen LogP contribution is -2.37. The van der Waals surface area contributed by atoms with Gasteiger partial charge in [0.15, 0.2) is 17.5 Å². The van der Waals surface area contributed by atoms with Crippen molar-refractivity contribution in [3.63, 3.8) is 0 Å². The first-order chi connectivity index (χ1) is 11.7. The predicted octanol–water partition coefficient (Wildman–Crippen LogP) is 2.28. The summed E-state index contributed by atoms with van der Waals surface area (Å²) >= 11 is 0. The number of benzene rings is 1. The lowest BCUT2D eigenvalue weighted by atomic mass is 10.2. The first kappa shape index (κ1) is 16.2. The molecule has 0 amide bonds. The third kappa shape index (κ3) is 3.61. The standard InChI is InChI=1S/C17H22N4O3/c1-4-18-17(20-9-14-11(2)21-24-12(14)3)19-8-13-5-6-15-16(7-13)23-10-22-15/h5-7H,4,8-10H2,1-3H3,(H2,18,19,20). The quantitative estimate of drug-likeness (QED) is 0.647. The van der Waals surface area contributed by atoms with Crippen LogP contribution >= 0.6 is 0 Å². The van der Waals surface area contributed by atoms with E-state index in [2.05, 4.69) is 20.8 Å². The summed E-state index contributed by atoms with van der Waals surface area (Å²) in [6.45, 7) is 8.12. The normalized spacial score (nSPS) is 13.2. The molecule has 1 aromatic heterocycles. The second kappa shape index (κ2) is 7.25. The number of hydrogen-bond acceptors (Lipinski definition) is 5. The van der Waals surface area contributed by atoms with Gasteiger partial charge in [-0.1, -0.05) is 11.2 Å². The van der Waals surface area contributed by atoms with Gasteiger partial charge in [0.25, 0.3) is 0 Å². The van der Waals surface area contributed by atoms with Crippen LogP contribution < -0.4 is 20.1 Å². The Hall–Kier alpha value is -2.70. The van der Waals surface area contributed by atoms with E-state index >= 15 is 0 Å². The van der Waals surface area contributed by atoms with E-state index in [4.69, 9.17) is 14.0 Å². The average Bonchev–Trinajstić information content (AvgIpc) is 3.17. The second-order valence-electron chi connectivity index (χ2n) is 5.54. The zero-order chi connectivity index (χ0) is 16.9. The van der Waals surface area contributed by atoms with Crippen LogP contribution in [-0.4, -0.2) is 24.5 Å². The molecular weight excluding hydrogens is 308 g/mol. The fourth-order valence-corrected chi connectivity index (χ4v) is 2.48. The van der Waals surface area contributed by atoms with Crippen molar-refractivity contribution in [2.45, 2.75) is 33.9 Å². The molecule has 1 aliphatic heterocycles. The summed E-state index contributed by atoms with van der Waals surface area (Å²) < 4.78 is 15.9. The molecule has 0 saturated carbocycles. The highest BCUT2D eigenvalue weighted by atomic mass is 16.7. The SMILES string of the molecule is CCNC(=NCc1ccc2c(c1)OCO2)NCc1c(C)noc1C. The highest BCUT2D eigenvalue weighted by Gasteiger charge is 2.13. The maximum atomic E-state index is 5.40. The van der Waals surface area contributed by atoms with Crippen LogP contribution in [0.25, 0.3) is 0 Å². The molecule has 7 nitrogen and oxygen atoms in total. The van der Waals surface area contributed by atoms with Gasteiger partial charge in [0.05, 0.1) is 12.2 Å². The number of hydrogen-bond donors (Lipinski definition) is 2. The molecule has 0 saturated heterocycles. The topological polar surface area (TPSA) is 80.9 Å². The molecule has 0 aliphatic carbocycles. The van der Waals surface area contributed by atoms with Crippen molar-refractivity contribution in [1.82, 2.24) is 15.8 Å². The summed E-state index contributed by atoms with van der Waals surface area (Å²) in [6.07, 6.45) is 0. The summed E-state index contributed by atoms with van der Waals surface area (Å²) in [7, 11) is 0. The number of fused-ring (bicyclic) bond motifs is 1. The molecule has 0 fully saturated rings. The Labute approximate surface area is 141 Å². The number of nitrogens with zero attached hydrogens (tertiary/aromatic N) is 2. The Morgan fingerprint density at radius 3 is 2.79 bits per heavy atom. The van der Waals surface area contributed by atoms with E-state index < -0.39 is 0 Å². The highest BCUT2D eigenvalue weighted by Crippen LogP contribution is 2.32. The maximum absolute atomic E-state index is 5.40. The maximum Gasteiger partial charge on any atom is 0.231 e. The van der Waals surface area contributed by atoms with Crippen LogP contribution in [0.4, 0.5) is 0 Å². The third-order valence-corrected chi connectivity index (χ3v) is 3.81. The Bertz CT molecular complexity index is 720. The average molecular weight is 330 g/mol. The second-order valence-corrected chi connectivity index (χ2v) is 5.54. The predicted molar refractivity (Wildman–Crippen MR) is 90.2 cm³/mol. The van der Waals surface area contributed by atoms with Gasteiger partial charge in [-0.25, -0.2) is 4.99 Å². The smallest absolute Gasteiger partial charge is 0.231 e.